The number of pyridine rings is 1. The molecule has 3 heterocycles. The summed E-state index contributed by atoms with van der Waals surface area (Å²) in [6, 6.07) is 20.9. The van der Waals surface area contributed by atoms with E-state index < -0.39 is 0 Å². The normalized spacial score (nSPS) is 21.3. The lowest BCUT2D eigenvalue weighted by atomic mass is 9.82. The number of anilines is 1. The van der Waals surface area contributed by atoms with E-state index in [9.17, 15) is 0 Å². The highest BCUT2D eigenvalue weighted by Gasteiger charge is 2.29. The third kappa shape index (κ3) is 4.61. The van der Waals surface area contributed by atoms with Gasteiger partial charge in [-0.15, -0.1) is 0 Å². The molecule has 7 heteroatoms. The smallest absolute Gasteiger partial charge is 0.183 e. The summed E-state index contributed by atoms with van der Waals surface area (Å²) in [7, 11) is 0. The minimum absolute atomic E-state index is 0.455. The van der Waals surface area contributed by atoms with Gasteiger partial charge in [0.05, 0.1) is 5.39 Å². The predicted molar refractivity (Wildman–Crippen MR) is 140 cm³/mol. The number of hydrogen-bond donors (Lipinski definition) is 3. The Hall–Kier alpha value is -3.42. The van der Waals surface area contributed by atoms with Crippen molar-refractivity contribution in [1.82, 2.24) is 25.4 Å². The fourth-order valence-electron chi connectivity index (χ4n) is 5.61. The molecule has 1 aliphatic carbocycles. The van der Waals surface area contributed by atoms with Gasteiger partial charge in [-0.2, -0.15) is 5.10 Å². The molecule has 0 amide bonds. The van der Waals surface area contributed by atoms with Crippen molar-refractivity contribution in [2.24, 2.45) is 0 Å². The molecule has 0 radical (unpaired) electrons. The van der Waals surface area contributed by atoms with Crippen LogP contribution in [0.2, 0.25) is 0 Å². The van der Waals surface area contributed by atoms with Crippen LogP contribution in [-0.2, 0) is 0 Å². The van der Waals surface area contributed by atoms with Gasteiger partial charge in [-0.05, 0) is 67.1 Å². The van der Waals surface area contributed by atoms with E-state index in [2.05, 4.69) is 38.6 Å². The lowest BCUT2D eigenvalue weighted by molar-refractivity contribution is 0.132. The maximum atomic E-state index is 6.28. The van der Waals surface area contributed by atoms with E-state index in [1.165, 1.54) is 25.9 Å². The number of nitrogens with one attached hydrogen (secondary N) is 2. The molecule has 0 bridgehead atoms. The van der Waals surface area contributed by atoms with Crippen LogP contribution in [0, 0.1) is 0 Å². The van der Waals surface area contributed by atoms with Crippen LogP contribution in [0.5, 0.6) is 11.5 Å². The van der Waals surface area contributed by atoms with Crippen LogP contribution in [-0.4, -0.2) is 52.3 Å². The molecule has 6 rings (SSSR count). The standard InChI is InChI=1S/C28H32N6O/c29-27-26-24(19-8-12-23(13-9-19)35-22-4-2-1-3-5-22)18-25(31-28(26)33-32-27)20-6-10-21(11-7-20)34-16-14-30-15-17-34/h1-5,8-9,12-13,18,20-21,30H,6-7,10-11,14-17H2,(H3,29,31,32,33). The number of aromatic amines is 1. The van der Waals surface area contributed by atoms with Crippen molar-refractivity contribution in [3.05, 3.63) is 66.4 Å². The molecule has 2 aromatic heterocycles. The maximum absolute atomic E-state index is 6.28. The first-order valence-electron chi connectivity index (χ1n) is 12.7. The predicted octanol–water partition coefficient (Wildman–Crippen LogP) is 4.93. The van der Waals surface area contributed by atoms with Gasteiger partial charge in [-0.25, -0.2) is 4.98 Å². The largest absolute Gasteiger partial charge is 0.457 e. The number of piperazine rings is 1. The van der Waals surface area contributed by atoms with E-state index in [4.69, 9.17) is 15.5 Å². The Morgan fingerprint density at radius 2 is 1.60 bits per heavy atom. The number of nitrogens with zero attached hydrogens (tertiary/aromatic N) is 3. The van der Waals surface area contributed by atoms with E-state index in [0.29, 0.717) is 23.4 Å². The minimum atomic E-state index is 0.455. The van der Waals surface area contributed by atoms with Crippen molar-refractivity contribution in [1.29, 1.82) is 0 Å². The molecule has 1 saturated carbocycles. The van der Waals surface area contributed by atoms with Crippen LogP contribution in [0.25, 0.3) is 22.2 Å². The summed E-state index contributed by atoms with van der Waals surface area (Å²) in [4.78, 5) is 7.62. The van der Waals surface area contributed by atoms with Gasteiger partial charge in [0.25, 0.3) is 0 Å². The van der Waals surface area contributed by atoms with Crippen LogP contribution in [0.15, 0.2) is 60.7 Å². The molecule has 2 aliphatic rings. The number of fused-ring (bicyclic) bond motifs is 1. The quantitative estimate of drug-likeness (QED) is 0.385. The number of para-hydroxylation sites is 1. The fourth-order valence-corrected chi connectivity index (χ4v) is 5.61. The number of rotatable bonds is 5. The Morgan fingerprint density at radius 3 is 2.34 bits per heavy atom. The van der Waals surface area contributed by atoms with Crippen molar-refractivity contribution in [2.75, 3.05) is 31.9 Å². The summed E-state index contributed by atoms with van der Waals surface area (Å²) in [5.41, 5.74) is 10.3. The van der Waals surface area contributed by atoms with Gasteiger partial charge >= 0.3 is 0 Å². The Kier molecular flexibility index (Phi) is 6.10. The SMILES string of the molecule is Nc1[nH]nc2nc(C3CCC(N4CCNCC4)CC3)cc(-c3ccc(Oc4ccccc4)cc3)c12. The molecule has 1 saturated heterocycles. The van der Waals surface area contributed by atoms with Crippen molar-refractivity contribution in [3.63, 3.8) is 0 Å². The van der Waals surface area contributed by atoms with Gasteiger partial charge in [0, 0.05) is 43.8 Å². The number of nitrogen functional groups attached to an aromatic ring is 1. The zero-order valence-corrected chi connectivity index (χ0v) is 19.9. The van der Waals surface area contributed by atoms with Crippen LogP contribution < -0.4 is 15.8 Å². The first kappa shape index (κ1) is 22.1. The molecule has 2 aromatic carbocycles. The molecule has 4 aromatic rings. The van der Waals surface area contributed by atoms with E-state index >= 15 is 0 Å². The third-order valence-electron chi connectivity index (χ3n) is 7.50. The molecule has 180 valence electrons. The Morgan fingerprint density at radius 1 is 0.886 bits per heavy atom. The molecule has 0 unspecified atom stereocenters. The monoisotopic (exact) mass is 468 g/mol. The Balaban J connectivity index is 1.25. The second-order valence-corrected chi connectivity index (χ2v) is 9.66. The number of hydrogen-bond acceptors (Lipinski definition) is 6. The second kappa shape index (κ2) is 9.68. The zero-order valence-electron chi connectivity index (χ0n) is 19.9. The maximum Gasteiger partial charge on any atom is 0.183 e. The minimum Gasteiger partial charge on any atom is -0.457 e. The Labute approximate surface area is 205 Å². The van der Waals surface area contributed by atoms with Crippen LogP contribution in [0.1, 0.15) is 37.3 Å². The molecule has 0 atom stereocenters. The molecular weight excluding hydrogens is 436 g/mol. The van der Waals surface area contributed by atoms with Crippen LogP contribution >= 0.6 is 0 Å². The van der Waals surface area contributed by atoms with Gasteiger partial charge in [0.1, 0.15) is 17.3 Å². The first-order chi connectivity index (χ1) is 17.2. The summed E-state index contributed by atoms with van der Waals surface area (Å²) in [5.74, 6) is 2.64. The van der Waals surface area contributed by atoms with Crippen molar-refractivity contribution < 1.29 is 4.74 Å². The summed E-state index contributed by atoms with van der Waals surface area (Å²) >= 11 is 0. The highest BCUT2D eigenvalue weighted by Crippen LogP contribution is 2.39. The Bertz CT molecular complexity index is 1270. The lowest BCUT2D eigenvalue weighted by Crippen LogP contribution is -2.49. The van der Waals surface area contributed by atoms with Gasteiger partial charge < -0.3 is 15.8 Å². The molecular formula is C28H32N6O. The van der Waals surface area contributed by atoms with E-state index in [0.717, 1.165) is 59.6 Å². The number of nitrogens with two attached hydrogens (primary N) is 1. The van der Waals surface area contributed by atoms with Gasteiger partial charge in [-0.1, -0.05) is 30.3 Å². The summed E-state index contributed by atoms with van der Waals surface area (Å²) < 4.78 is 5.98. The van der Waals surface area contributed by atoms with Gasteiger partial charge in [-0.3, -0.25) is 10.00 Å². The van der Waals surface area contributed by atoms with Gasteiger partial charge in [0.2, 0.25) is 0 Å². The number of aromatic nitrogens is 3. The fraction of sp³-hybridized carbons (Fsp3) is 0.357. The first-order valence-corrected chi connectivity index (χ1v) is 12.7. The van der Waals surface area contributed by atoms with Gasteiger partial charge in [0.15, 0.2) is 5.65 Å². The number of benzene rings is 2. The average Bonchev–Trinajstić information content (AvgIpc) is 3.30. The molecule has 1 aliphatic heterocycles. The van der Waals surface area contributed by atoms with Crippen molar-refractivity contribution in [2.45, 2.75) is 37.6 Å². The van der Waals surface area contributed by atoms with E-state index in [-0.39, 0.29) is 0 Å². The lowest BCUT2D eigenvalue weighted by Gasteiger charge is -2.39. The van der Waals surface area contributed by atoms with E-state index in [1.54, 1.807) is 0 Å². The highest BCUT2D eigenvalue weighted by molar-refractivity contribution is 6.00. The molecule has 2 fully saturated rings. The van der Waals surface area contributed by atoms with E-state index in [1.807, 2.05) is 42.5 Å². The van der Waals surface area contributed by atoms with Crippen LogP contribution in [0.3, 0.4) is 0 Å². The number of H-pyrrole nitrogens is 1. The van der Waals surface area contributed by atoms with Crippen molar-refractivity contribution in [3.8, 4) is 22.6 Å². The number of ether oxygens (including phenoxy) is 1. The summed E-state index contributed by atoms with van der Waals surface area (Å²) in [6.07, 6.45) is 4.79. The van der Waals surface area contributed by atoms with Crippen molar-refractivity contribution >= 4 is 16.9 Å². The van der Waals surface area contributed by atoms with Crippen LogP contribution in [0.4, 0.5) is 5.82 Å². The summed E-state index contributed by atoms with van der Waals surface area (Å²) in [5, 5.41) is 11.7. The molecule has 7 nitrogen and oxygen atoms in total. The second-order valence-electron chi connectivity index (χ2n) is 9.66. The molecule has 4 N–H and O–H groups in total. The zero-order chi connectivity index (χ0) is 23.6. The highest BCUT2D eigenvalue weighted by atomic mass is 16.5. The average molecular weight is 469 g/mol. The summed E-state index contributed by atoms with van der Waals surface area (Å²) in [6.45, 7) is 4.55. The molecule has 0 spiro atoms. The molecule has 35 heavy (non-hydrogen) atoms. The third-order valence-corrected chi connectivity index (χ3v) is 7.50. The topological polar surface area (TPSA) is 92.1 Å².